The van der Waals surface area contributed by atoms with Gasteiger partial charge in [0.05, 0.1) is 25.9 Å². The molecule has 8 nitrogen and oxygen atoms in total. The van der Waals surface area contributed by atoms with Crippen LogP contribution >= 0.6 is 11.3 Å². The second-order valence-corrected chi connectivity index (χ2v) is 9.93. The van der Waals surface area contributed by atoms with Gasteiger partial charge in [0.15, 0.2) is 0 Å². The summed E-state index contributed by atoms with van der Waals surface area (Å²) in [4.78, 5) is 31.2. The molecule has 2 atom stereocenters. The van der Waals surface area contributed by atoms with Crippen LogP contribution in [-0.4, -0.2) is 63.2 Å². The molecule has 0 saturated carbocycles. The molecule has 1 saturated heterocycles. The molecule has 3 aromatic rings. The smallest absolute Gasteiger partial charge is 0.309 e. The van der Waals surface area contributed by atoms with Crippen LogP contribution in [0.25, 0.3) is 0 Å². The third kappa shape index (κ3) is 6.61. The Morgan fingerprint density at radius 3 is 2.30 bits per heavy atom. The molecule has 0 bridgehead atoms. The van der Waals surface area contributed by atoms with E-state index in [0.29, 0.717) is 0 Å². The molecule has 1 fully saturated rings. The van der Waals surface area contributed by atoms with Gasteiger partial charge >= 0.3 is 11.8 Å². The first-order chi connectivity index (χ1) is 18.0. The number of ether oxygens (including phenoxy) is 2. The Balaban J connectivity index is 1.36. The molecule has 0 radical (unpaired) electrons. The van der Waals surface area contributed by atoms with Crippen molar-refractivity contribution < 1.29 is 19.1 Å². The van der Waals surface area contributed by atoms with Crippen LogP contribution in [0.4, 0.5) is 5.69 Å². The van der Waals surface area contributed by atoms with Gasteiger partial charge in [0.25, 0.3) is 0 Å². The molecule has 4 rings (SSSR count). The zero-order valence-electron chi connectivity index (χ0n) is 21.5. The van der Waals surface area contributed by atoms with Crippen LogP contribution in [0.1, 0.15) is 23.4 Å². The van der Waals surface area contributed by atoms with Gasteiger partial charge in [-0.2, -0.15) is 0 Å². The van der Waals surface area contributed by atoms with E-state index in [1.54, 1.807) is 25.6 Å². The van der Waals surface area contributed by atoms with Crippen LogP contribution in [0.3, 0.4) is 0 Å². The highest BCUT2D eigenvalue weighted by atomic mass is 32.1. The van der Waals surface area contributed by atoms with Crippen molar-refractivity contribution in [2.24, 2.45) is 0 Å². The van der Waals surface area contributed by atoms with Crippen molar-refractivity contribution in [1.29, 1.82) is 0 Å². The Morgan fingerprint density at radius 2 is 1.65 bits per heavy atom. The largest absolute Gasteiger partial charge is 0.497 e. The van der Waals surface area contributed by atoms with Gasteiger partial charge in [-0.3, -0.25) is 14.5 Å². The van der Waals surface area contributed by atoms with E-state index in [-0.39, 0.29) is 18.6 Å². The highest BCUT2D eigenvalue weighted by Gasteiger charge is 2.32. The van der Waals surface area contributed by atoms with Gasteiger partial charge in [0.1, 0.15) is 11.5 Å². The minimum absolute atomic E-state index is 0.0295. The van der Waals surface area contributed by atoms with Gasteiger partial charge in [-0.05, 0) is 48.2 Å². The van der Waals surface area contributed by atoms with E-state index in [4.69, 9.17) is 9.47 Å². The van der Waals surface area contributed by atoms with Gasteiger partial charge in [-0.25, -0.2) is 0 Å². The molecule has 1 aliphatic rings. The third-order valence-electron chi connectivity index (χ3n) is 6.62. The van der Waals surface area contributed by atoms with Crippen LogP contribution in [-0.2, 0) is 16.1 Å². The van der Waals surface area contributed by atoms with Crippen molar-refractivity contribution in [2.75, 3.05) is 45.3 Å². The van der Waals surface area contributed by atoms with E-state index >= 15 is 0 Å². The maximum absolute atomic E-state index is 12.8. The molecule has 1 aromatic heterocycles. The summed E-state index contributed by atoms with van der Waals surface area (Å²) in [5.74, 6) is 0.334. The summed E-state index contributed by atoms with van der Waals surface area (Å²) in [6.07, 6.45) is 0. The number of anilines is 1. The third-order valence-corrected chi connectivity index (χ3v) is 7.56. The summed E-state index contributed by atoms with van der Waals surface area (Å²) in [6.45, 7) is 5.56. The maximum atomic E-state index is 12.8. The Bertz CT molecular complexity index is 1160. The number of para-hydroxylation sites is 2. The topological polar surface area (TPSA) is 83.1 Å². The molecule has 2 amide bonds. The minimum Gasteiger partial charge on any atom is -0.497 e. The minimum atomic E-state index is -0.645. The molecular formula is C28H34N4O4S. The fourth-order valence-corrected chi connectivity index (χ4v) is 5.66. The summed E-state index contributed by atoms with van der Waals surface area (Å²) in [5.41, 5.74) is 1.98. The second kappa shape index (κ2) is 12.6. The average molecular weight is 523 g/mol. The number of rotatable bonds is 9. The Kier molecular flexibility index (Phi) is 9.03. The number of methoxy groups -OCH3 is 2. The average Bonchev–Trinajstić information content (AvgIpc) is 3.46. The second-order valence-electron chi connectivity index (χ2n) is 8.95. The lowest BCUT2D eigenvalue weighted by atomic mass is 10.0. The number of carbonyl (C=O) groups excluding carboxylic acids is 2. The summed E-state index contributed by atoms with van der Waals surface area (Å²) < 4.78 is 10.7. The van der Waals surface area contributed by atoms with E-state index in [2.05, 4.69) is 32.6 Å². The lowest BCUT2D eigenvalue weighted by Crippen LogP contribution is -2.53. The lowest BCUT2D eigenvalue weighted by Gasteiger charge is -2.42. The zero-order valence-corrected chi connectivity index (χ0v) is 22.3. The zero-order chi connectivity index (χ0) is 26.2. The van der Waals surface area contributed by atoms with E-state index < -0.39 is 11.8 Å². The van der Waals surface area contributed by atoms with Gasteiger partial charge in [0.2, 0.25) is 0 Å². The number of hydrogen-bond donors (Lipinski definition) is 2. The quantitative estimate of drug-likeness (QED) is 0.419. The van der Waals surface area contributed by atoms with E-state index in [1.807, 2.05) is 60.8 Å². The summed E-state index contributed by atoms with van der Waals surface area (Å²) in [5, 5.41) is 7.69. The van der Waals surface area contributed by atoms with E-state index in [0.717, 1.165) is 53.8 Å². The van der Waals surface area contributed by atoms with E-state index in [1.165, 1.54) is 0 Å². The Labute approximate surface area is 222 Å². The molecule has 37 heavy (non-hydrogen) atoms. The molecule has 2 aromatic carbocycles. The predicted molar refractivity (Wildman–Crippen MR) is 146 cm³/mol. The number of amides is 2. The normalized spacial score (nSPS) is 15.5. The van der Waals surface area contributed by atoms with Gasteiger partial charge in [0, 0.05) is 43.6 Å². The number of piperazine rings is 1. The fraction of sp³-hybridized carbons (Fsp3) is 0.357. The predicted octanol–water partition coefficient (Wildman–Crippen LogP) is 3.45. The first kappa shape index (κ1) is 26.5. The molecule has 0 unspecified atom stereocenters. The number of hydrogen-bond acceptors (Lipinski definition) is 7. The van der Waals surface area contributed by atoms with Gasteiger partial charge in [-0.1, -0.05) is 30.3 Å². The highest BCUT2D eigenvalue weighted by Crippen LogP contribution is 2.32. The maximum Gasteiger partial charge on any atom is 0.309 e. The summed E-state index contributed by atoms with van der Waals surface area (Å²) >= 11 is 1.66. The molecule has 9 heteroatoms. The summed E-state index contributed by atoms with van der Waals surface area (Å²) in [7, 11) is 3.30. The number of carbonyl (C=O) groups is 2. The standard InChI is InChI=1S/C28H34N4O4S/c1-20(30-28(34)27(33)29-19-21-10-12-22(35-2)13-11-21)26(25-9-6-18-37-25)32-16-14-31(15-17-32)23-7-4-5-8-24(23)36-3/h4-13,18,20,26H,14-17,19H2,1-3H3,(H,29,33)(H,30,34)/t20-,26-/m1/s1. The Hall–Kier alpha value is -3.56. The SMILES string of the molecule is COc1ccc(CNC(=O)C(=O)N[C@H](C)[C@H](c2cccs2)N2CCN(c3ccccc3OC)CC2)cc1. The molecule has 0 aliphatic carbocycles. The fourth-order valence-electron chi connectivity index (χ4n) is 4.69. The van der Waals surface area contributed by atoms with Gasteiger partial charge < -0.3 is 25.0 Å². The van der Waals surface area contributed by atoms with Crippen LogP contribution in [0.2, 0.25) is 0 Å². The first-order valence-corrected chi connectivity index (χ1v) is 13.2. The van der Waals surface area contributed by atoms with Crippen molar-refractivity contribution in [3.05, 3.63) is 76.5 Å². The number of nitrogens with one attached hydrogen (secondary N) is 2. The van der Waals surface area contributed by atoms with Crippen LogP contribution in [0.15, 0.2) is 66.0 Å². The lowest BCUT2D eigenvalue weighted by molar-refractivity contribution is -0.140. The van der Waals surface area contributed by atoms with Crippen molar-refractivity contribution in [3.8, 4) is 11.5 Å². The molecular weight excluding hydrogens is 488 g/mol. The molecule has 2 heterocycles. The van der Waals surface area contributed by atoms with Crippen molar-refractivity contribution in [1.82, 2.24) is 15.5 Å². The molecule has 0 spiro atoms. The molecule has 196 valence electrons. The van der Waals surface area contributed by atoms with Crippen LogP contribution < -0.4 is 25.0 Å². The number of benzene rings is 2. The van der Waals surface area contributed by atoms with Crippen LogP contribution in [0.5, 0.6) is 11.5 Å². The van der Waals surface area contributed by atoms with Crippen molar-refractivity contribution in [2.45, 2.75) is 25.6 Å². The van der Waals surface area contributed by atoms with Crippen LogP contribution in [0, 0.1) is 0 Å². The monoisotopic (exact) mass is 522 g/mol. The van der Waals surface area contributed by atoms with E-state index in [9.17, 15) is 9.59 Å². The molecule has 2 N–H and O–H groups in total. The Morgan fingerprint density at radius 1 is 0.919 bits per heavy atom. The summed E-state index contributed by atoms with van der Waals surface area (Å²) in [6, 6.07) is 19.3. The number of nitrogens with zero attached hydrogens (tertiary/aromatic N) is 2. The first-order valence-electron chi connectivity index (χ1n) is 12.4. The van der Waals surface area contributed by atoms with Crippen molar-refractivity contribution in [3.63, 3.8) is 0 Å². The van der Waals surface area contributed by atoms with Crippen molar-refractivity contribution >= 4 is 28.8 Å². The molecule has 1 aliphatic heterocycles. The van der Waals surface area contributed by atoms with Gasteiger partial charge in [-0.15, -0.1) is 11.3 Å². The number of thiophene rings is 1. The highest BCUT2D eigenvalue weighted by molar-refractivity contribution is 7.10.